The van der Waals surface area contributed by atoms with Crippen LogP contribution in [0.25, 0.3) is 0 Å². The fourth-order valence-corrected chi connectivity index (χ4v) is 1.52. The van der Waals surface area contributed by atoms with Crippen LogP contribution >= 0.6 is 0 Å². The highest BCUT2D eigenvalue weighted by Crippen LogP contribution is 2.23. The molecule has 0 bridgehead atoms. The van der Waals surface area contributed by atoms with Crippen molar-refractivity contribution in [2.45, 2.75) is 13.3 Å². The highest BCUT2D eigenvalue weighted by atomic mass is 16.6. The average molecular weight is 281 g/mol. The van der Waals surface area contributed by atoms with Gasteiger partial charge >= 0.3 is 5.69 Å². The van der Waals surface area contributed by atoms with Crippen LogP contribution in [0.15, 0.2) is 12.1 Å². The van der Waals surface area contributed by atoms with E-state index in [9.17, 15) is 14.9 Å². The molecule has 1 rings (SSSR count). The summed E-state index contributed by atoms with van der Waals surface area (Å²) in [6, 6.07) is 2.94. The minimum absolute atomic E-state index is 0.0528. The molecule has 0 aliphatic heterocycles. The van der Waals surface area contributed by atoms with E-state index >= 15 is 0 Å². The number of anilines is 2. The van der Waals surface area contributed by atoms with Gasteiger partial charge in [-0.05, 0) is 13.0 Å². The molecule has 0 saturated carbocycles. The number of nitro groups is 1. The highest BCUT2D eigenvalue weighted by molar-refractivity contribution is 5.76. The molecular weight excluding hydrogens is 262 g/mol. The van der Waals surface area contributed by atoms with Crippen LogP contribution < -0.4 is 10.6 Å². The first-order valence-corrected chi connectivity index (χ1v) is 6.29. The standard InChI is InChI=1S/C12H19N5O3/c1-4-13-10-6-5-9(17(19)20)12(15-10)14-8-7-11(18)16(2)3/h5-6H,4,7-8H2,1-3H3,(H2,13,14,15). The molecule has 110 valence electrons. The summed E-state index contributed by atoms with van der Waals surface area (Å²) >= 11 is 0. The summed E-state index contributed by atoms with van der Waals surface area (Å²) < 4.78 is 0. The van der Waals surface area contributed by atoms with Crippen molar-refractivity contribution >= 4 is 23.2 Å². The molecule has 0 spiro atoms. The van der Waals surface area contributed by atoms with Gasteiger partial charge in [-0.15, -0.1) is 0 Å². The van der Waals surface area contributed by atoms with Gasteiger partial charge in [-0.3, -0.25) is 14.9 Å². The smallest absolute Gasteiger partial charge is 0.311 e. The van der Waals surface area contributed by atoms with Crippen molar-refractivity contribution in [3.63, 3.8) is 0 Å². The zero-order chi connectivity index (χ0) is 15.1. The van der Waals surface area contributed by atoms with Crippen LogP contribution in [-0.4, -0.2) is 47.9 Å². The van der Waals surface area contributed by atoms with Crippen molar-refractivity contribution in [3.8, 4) is 0 Å². The normalized spacial score (nSPS) is 9.95. The molecule has 1 aromatic heterocycles. The fraction of sp³-hybridized carbons (Fsp3) is 0.500. The minimum atomic E-state index is -0.501. The fourth-order valence-electron chi connectivity index (χ4n) is 1.52. The van der Waals surface area contributed by atoms with Gasteiger partial charge in [-0.25, -0.2) is 4.98 Å². The van der Waals surface area contributed by atoms with E-state index in [1.54, 1.807) is 20.2 Å². The summed E-state index contributed by atoms with van der Waals surface area (Å²) in [5.74, 6) is 0.669. The zero-order valence-corrected chi connectivity index (χ0v) is 11.8. The number of pyridine rings is 1. The lowest BCUT2D eigenvalue weighted by Crippen LogP contribution is -2.24. The summed E-state index contributed by atoms with van der Waals surface area (Å²) in [6.45, 7) is 2.87. The van der Waals surface area contributed by atoms with Gasteiger partial charge in [-0.1, -0.05) is 0 Å². The second-order valence-electron chi connectivity index (χ2n) is 4.32. The number of hydrogen-bond acceptors (Lipinski definition) is 6. The summed E-state index contributed by atoms with van der Waals surface area (Å²) in [5, 5.41) is 16.7. The quantitative estimate of drug-likeness (QED) is 0.577. The Morgan fingerprint density at radius 2 is 2.10 bits per heavy atom. The molecule has 1 heterocycles. The monoisotopic (exact) mass is 281 g/mol. The van der Waals surface area contributed by atoms with Crippen molar-refractivity contribution in [2.24, 2.45) is 0 Å². The molecule has 0 aliphatic carbocycles. The van der Waals surface area contributed by atoms with E-state index < -0.39 is 4.92 Å². The SMILES string of the molecule is CCNc1ccc([N+](=O)[O-])c(NCCC(=O)N(C)C)n1. The molecule has 0 radical (unpaired) electrons. The Bertz CT molecular complexity index is 490. The predicted molar refractivity (Wildman–Crippen MR) is 76.9 cm³/mol. The van der Waals surface area contributed by atoms with Crippen molar-refractivity contribution in [1.82, 2.24) is 9.88 Å². The zero-order valence-electron chi connectivity index (χ0n) is 11.8. The second kappa shape index (κ2) is 7.27. The lowest BCUT2D eigenvalue weighted by Gasteiger charge is -2.11. The van der Waals surface area contributed by atoms with E-state index in [1.807, 2.05) is 6.92 Å². The second-order valence-corrected chi connectivity index (χ2v) is 4.32. The average Bonchev–Trinajstić information content (AvgIpc) is 2.38. The van der Waals surface area contributed by atoms with E-state index in [1.165, 1.54) is 11.0 Å². The molecule has 8 heteroatoms. The summed E-state index contributed by atoms with van der Waals surface area (Å²) in [4.78, 5) is 27.5. The van der Waals surface area contributed by atoms with Gasteiger partial charge in [0.15, 0.2) is 0 Å². The van der Waals surface area contributed by atoms with Crippen LogP contribution in [0.3, 0.4) is 0 Å². The van der Waals surface area contributed by atoms with Crippen LogP contribution in [0.2, 0.25) is 0 Å². The van der Waals surface area contributed by atoms with Crippen molar-refractivity contribution in [1.29, 1.82) is 0 Å². The molecule has 20 heavy (non-hydrogen) atoms. The molecule has 1 aromatic rings. The van der Waals surface area contributed by atoms with Crippen LogP contribution in [0, 0.1) is 10.1 Å². The van der Waals surface area contributed by atoms with E-state index in [0.29, 0.717) is 18.9 Å². The first-order chi connectivity index (χ1) is 9.45. The number of aromatic nitrogens is 1. The van der Waals surface area contributed by atoms with Crippen LogP contribution in [0.5, 0.6) is 0 Å². The number of carbonyl (C=O) groups excluding carboxylic acids is 1. The number of rotatable bonds is 7. The summed E-state index contributed by atoms with van der Waals surface area (Å²) in [7, 11) is 3.32. The van der Waals surface area contributed by atoms with Gasteiger partial charge in [0.05, 0.1) is 4.92 Å². The van der Waals surface area contributed by atoms with Crippen LogP contribution in [-0.2, 0) is 4.79 Å². The number of amides is 1. The van der Waals surface area contributed by atoms with Crippen molar-refractivity contribution < 1.29 is 9.72 Å². The first kappa shape index (κ1) is 15.7. The third-order valence-electron chi connectivity index (χ3n) is 2.56. The van der Waals surface area contributed by atoms with Gasteiger partial charge < -0.3 is 15.5 Å². The van der Waals surface area contributed by atoms with Gasteiger partial charge in [0.25, 0.3) is 0 Å². The topological polar surface area (TPSA) is 100 Å². The number of nitrogens with one attached hydrogen (secondary N) is 2. The third kappa shape index (κ3) is 4.38. The Hall–Kier alpha value is -2.38. The molecule has 2 N–H and O–H groups in total. The Kier molecular flexibility index (Phi) is 5.70. The first-order valence-electron chi connectivity index (χ1n) is 6.29. The predicted octanol–water partition coefficient (Wildman–Crippen LogP) is 1.31. The molecule has 1 amide bonds. The number of nitrogens with zero attached hydrogens (tertiary/aromatic N) is 3. The minimum Gasteiger partial charge on any atom is -0.370 e. The van der Waals surface area contributed by atoms with E-state index in [2.05, 4.69) is 15.6 Å². The van der Waals surface area contributed by atoms with Gasteiger partial charge in [0.2, 0.25) is 11.7 Å². The Morgan fingerprint density at radius 3 is 2.65 bits per heavy atom. The molecule has 8 nitrogen and oxygen atoms in total. The van der Waals surface area contributed by atoms with Crippen LogP contribution in [0.4, 0.5) is 17.3 Å². The van der Waals surface area contributed by atoms with Crippen molar-refractivity contribution in [3.05, 3.63) is 22.2 Å². The Labute approximate surface area is 117 Å². The number of hydrogen-bond donors (Lipinski definition) is 2. The lowest BCUT2D eigenvalue weighted by atomic mass is 10.3. The number of carbonyl (C=O) groups is 1. The van der Waals surface area contributed by atoms with Gasteiger partial charge in [0, 0.05) is 39.7 Å². The van der Waals surface area contributed by atoms with Gasteiger partial charge in [-0.2, -0.15) is 0 Å². The Morgan fingerprint density at radius 1 is 1.40 bits per heavy atom. The molecule has 0 unspecified atom stereocenters. The molecule has 0 fully saturated rings. The Balaban J connectivity index is 2.77. The highest BCUT2D eigenvalue weighted by Gasteiger charge is 2.16. The molecular formula is C12H19N5O3. The van der Waals surface area contributed by atoms with E-state index in [0.717, 1.165) is 0 Å². The third-order valence-corrected chi connectivity index (χ3v) is 2.56. The molecule has 0 aromatic carbocycles. The van der Waals surface area contributed by atoms with Crippen molar-refractivity contribution in [2.75, 3.05) is 37.8 Å². The van der Waals surface area contributed by atoms with E-state index in [4.69, 9.17) is 0 Å². The maximum Gasteiger partial charge on any atom is 0.311 e. The van der Waals surface area contributed by atoms with Crippen LogP contribution in [0.1, 0.15) is 13.3 Å². The maximum atomic E-state index is 11.4. The molecule has 0 atom stereocenters. The lowest BCUT2D eigenvalue weighted by molar-refractivity contribution is -0.384. The van der Waals surface area contributed by atoms with Gasteiger partial charge in [0.1, 0.15) is 5.82 Å². The maximum absolute atomic E-state index is 11.4. The summed E-state index contributed by atoms with van der Waals surface area (Å²) in [6.07, 6.45) is 0.247. The summed E-state index contributed by atoms with van der Waals surface area (Å²) in [5.41, 5.74) is -0.107. The largest absolute Gasteiger partial charge is 0.370 e. The molecule has 0 aliphatic rings. The molecule has 0 saturated heterocycles. The van der Waals surface area contributed by atoms with E-state index in [-0.39, 0.29) is 23.8 Å².